The molecular weight excluding hydrogens is 687 g/mol. The van der Waals surface area contributed by atoms with Gasteiger partial charge < -0.3 is 9.11 Å². The molecule has 0 N–H and O–H groups in total. The molecule has 0 saturated heterocycles. The zero-order valence-electron chi connectivity index (χ0n) is 27.6. The molecule has 0 unspecified atom stereocenters. The van der Waals surface area contributed by atoms with E-state index in [4.69, 9.17) is 0 Å². The van der Waals surface area contributed by atoms with Crippen molar-refractivity contribution in [2.45, 2.75) is 0 Å². The van der Waals surface area contributed by atoms with E-state index in [-0.39, 0.29) is 68.9 Å². The Hall–Kier alpha value is -3.38. The first kappa shape index (κ1) is 41.0. The maximum Gasteiger partial charge on any atom is 1.00 e. The first-order valence-corrected chi connectivity index (χ1v) is 17.7. The summed E-state index contributed by atoms with van der Waals surface area (Å²) in [4.78, 5) is -0.457. The quantitative estimate of drug-likeness (QED) is 0.136. The predicted octanol–water partition coefficient (Wildman–Crippen LogP) is 2.80. The number of rotatable bonds is 8. The van der Waals surface area contributed by atoms with E-state index < -0.39 is 20.2 Å². The van der Waals surface area contributed by atoms with Crippen LogP contribution in [0.2, 0.25) is 0 Å². The SMILES string of the molecule is O=S(=O)([O-])C(=Cc1ccccc1)c1ccccc1-c1ccccc1.O=S(=O)([O-])C(=Cc1ccccc1)c1ccccc1-c1ccccc1.[Na+].[Na+]. The molecule has 6 rings (SSSR count). The minimum Gasteiger partial charge on any atom is -0.744 e. The maximum absolute atomic E-state index is 11.9. The summed E-state index contributed by atoms with van der Waals surface area (Å²) in [5.74, 6) is 0. The van der Waals surface area contributed by atoms with Crippen LogP contribution in [-0.2, 0) is 20.2 Å². The molecule has 50 heavy (non-hydrogen) atoms. The van der Waals surface area contributed by atoms with Gasteiger partial charge in [-0.05, 0) is 56.7 Å². The fraction of sp³-hybridized carbons (Fsp3) is 0. The van der Waals surface area contributed by atoms with Crippen molar-refractivity contribution in [1.82, 2.24) is 0 Å². The Labute approximate surface area is 338 Å². The Kier molecular flexibility index (Phi) is 15.8. The molecule has 6 aromatic carbocycles. The summed E-state index contributed by atoms with van der Waals surface area (Å²) in [7, 11) is -9.27. The van der Waals surface area contributed by atoms with Gasteiger partial charge in [-0.25, -0.2) is 16.8 Å². The molecule has 6 nitrogen and oxygen atoms in total. The fourth-order valence-corrected chi connectivity index (χ4v) is 6.56. The Balaban J connectivity index is 0.000000260. The summed E-state index contributed by atoms with van der Waals surface area (Å²) in [6, 6.07) is 50.7. The molecule has 10 heteroatoms. The van der Waals surface area contributed by atoms with Crippen LogP contribution >= 0.6 is 0 Å². The summed E-state index contributed by atoms with van der Waals surface area (Å²) in [6.45, 7) is 0. The minimum absolute atomic E-state index is 0. The first-order chi connectivity index (χ1) is 23.1. The van der Waals surface area contributed by atoms with E-state index in [1.165, 1.54) is 12.2 Å². The van der Waals surface area contributed by atoms with Gasteiger partial charge in [0, 0.05) is 0 Å². The average molecular weight is 717 g/mol. The van der Waals surface area contributed by atoms with E-state index in [2.05, 4.69) is 0 Å². The van der Waals surface area contributed by atoms with Crippen LogP contribution in [0.4, 0.5) is 0 Å². The fourth-order valence-electron chi connectivity index (χ4n) is 5.11. The predicted molar refractivity (Wildman–Crippen MR) is 192 cm³/mol. The van der Waals surface area contributed by atoms with Crippen molar-refractivity contribution in [2.24, 2.45) is 0 Å². The van der Waals surface area contributed by atoms with Gasteiger partial charge in [-0.3, -0.25) is 0 Å². The maximum atomic E-state index is 11.9. The molecule has 0 saturated carbocycles. The Morgan fingerprint density at radius 1 is 0.380 bits per heavy atom. The Bertz CT molecular complexity index is 2100. The van der Waals surface area contributed by atoms with Crippen LogP contribution in [0.15, 0.2) is 170 Å². The third kappa shape index (κ3) is 11.3. The zero-order valence-corrected chi connectivity index (χ0v) is 33.2. The summed E-state index contributed by atoms with van der Waals surface area (Å²) < 4.78 is 71.4. The second-order valence-electron chi connectivity index (χ2n) is 10.6. The molecule has 0 aliphatic heterocycles. The largest absolute Gasteiger partial charge is 1.00 e. The van der Waals surface area contributed by atoms with Crippen LogP contribution in [0.5, 0.6) is 0 Å². The van der Waals surface area contributed by atoms with Gasteiger partial charge in [-0.1, -0.05) is 170 Å². The number of hydrogen-bond donors (Lipinski definition) is 0. The van der Waals surface area contributed by atoms with Gasteiger partial charge in [0.2, 0.25) is 0 Å². The van der Waals surface area contributed by atoms with E-state index >= 15 is 0 Å². The Morgan fingerprint density at radius 3 is 0.940 bits per heavy atom. The molecule has 0 aromatic heterocycles. The zero-order chi connectivity index (χ0) is 34.0. The van der Waals surface area contributed by atoms with E-state index in [1.54, 1.807) is 72.8 Å². The van der Waals surface area contributed by atoms with Crippen LogP contribution in [-0.4, -0.2) is 25.9 Å². The molecular formula is C40H30Na2O6S2. The molecule has 0 bridgehead atoms. The molecule has 0 fully saturated rings. The molecule has 0 heterocycles. The van der Waals surface area contributed by atoms with Gasteiger partial charge in [0.05, 0.1) is 9.81 Å². The summed E-state index contributed by atoms with van der Waals surface area (Å²) >= 11 is 0. The van der Waals surface area contributed by atoms with Crippen LogP contribution in [0.1, 0.15) is 22.3 Å². The van der Waals surface area contributed by atoms with Crippen molar-refractivity contribution in [3.05, 3.63) is 192 Å². The van der Waals surface area contributed by atoms with Crippen molar-refractivity contribution in [1.29, 1.82) is 0 Å². The molecule has 240 valence electrons. The minimum atomic E-state index is -4.64. The first-order valence-electron chi connectivity index (χ1n) is 14.9. The van der Waals surface area contributed by atoms with Gasteiger partial charge in [0.1, 0.15) is 20.2 Å². The topological polar surface area (TPSA) is 114 Å². The molecule has 0 amide bonds. The normalized spacial score (nSPS) is 11.6. The molecule has 0 aliphatic carbocycles. The second kappa shape index (κ2) is 19.3. The van der Waals surface area contributed by atoms with Crippen molar-refractivity contribution >= 4 is 42.2 Å². The standard InChI is InChI=1S/2C20H16O3S.2Na/c2*21-24(22,23)20(15-16-9-3-1-4-10-16)19-14-8-7-13-18(19)17-11-5-2-6-12-17;;/h2*1-15H,(H,21,22,23);;/q;;2*+1/p-2. The average Bonchev–Trinajstić information content (AvgIpc) is 3.11. The van der Waals surface area contributed by atoms with Crippen LogP contribution < -0.4 is 59.1 Å². The molecule has 0 atom stereocenters. The van der Waals surface area contributed by atoms with Crippen LogP contribution in [0, 0.1) is 0 Å². The van der Waals surface area contributed by atoms with Gasteiger partial charge >= 0.3 is 59.1 Å². The summed E-state index contributed by atoms with van der Waals surface area (Å²) in [5, 5.41) is 0. The smallest absolute Gasteiger partial charge is 0.744 e. The van der Waals surface area contributed by atoms with E-state index in [1.807, 2.05) is 97.1 Å². The van der Waals surface area contributed by atoms with Crippen molar-refractivity contribution in [3.63, 3.8) is 0 Å². The van der Waals surface area contributed by atoms with Gasteiger partial charge in [0.15, 0.2) is 0 Å². The second-order valence-corrected chi connectivity index (χ2v) is 13.3. The third-order valence-corrected chi connectivity index (χ3v) is 9.04. The Morgan fingerprint density at radius 2 is 0.640 bits per heavy atom. The third-order valence-electron chi connectivity index (χ3n) is 7.29. The summed E-state index contributed by atoms with van der Waals surface area (Å²) in [6.07, 6.45) is 2.84. The van der Waals surface area contributed by atoms with Crippen LogP contribution in [0.25, 0.3) is 44.2 Å². The van der Waals surface area contributed by atoms with Gasteiger partial charge in [-0.15, -0.1) is 0 Å². The monoisotopic (exact) mass is 716 g/mol. The molecule has 0 aliphatic rings. The van der Waals surface area contributed by atoms with Crippen molar-refractivity contribution < 1.29 is 85.1 Å². The summed E-state index contributed by atoms with van der Waals surface area (Å²) in [5.41, 5.74) is 5.26. The van der Waals surface area contributed by atoms with E-state index in [0.29, 0.717) is 33.4 Å². The van der Waals surface area contributed by atoms with Gasteiger partial charge in [0.25, 0.3) is 0 Å². The number of benzene rings is 6. The van der Waals surface area contributed by atoms with E-state index in [0.717, 1.165) is 11.1 Å². The molecule has 0 spiro atoms. The molecule has 0 radical (unpaired) electrons. The van der Waals surface area contributed by atoms with Gasteiger partial charge in [-0.2, -0.15) is 0 Å². The molecule has 6 aromatic rings. The van der Waals surface area contributed by atoms with Crippen LogP contribution in [0.3, 0.4) is 0 Å². The number of hydrogen-bond acceptors (Lipinski definition) is 6. The van der Waals surface area contributed by atoms with Crippen molar-refractivity contribution in [2.75, 3.05) is 0 Å². The van der Waals surface area contributed by atoms with Crippen molar-refractivity contribution in [3.8, 4) is 22.3 Å². The van der Waals surface area contributed by atoms with E-state index in [9.17, 15) is 25.9 Å².